The summed E-state index contributed by atoms with van der Waals surface area (Å²) in [6, 6.07) is 51.8. The van der Waals surface area contributed by atoms with E-state index in [-0.39, 0.29) is 6.17 Å². The molecule has 300 valence electrons. The molecule has 12 rings (SSSR count). The second-order valence-corrected chi connectivity index (χ2v) is 17.4. The lowest BCUT2D eigenvalue weighted by atomic mass is 9.96. The number of rotatable bonds is 6. The first kappa shape index (κ1) is 36.4. The Kier molecular flexibility index (Phi) is 8.10. The number of nitrogens with zero attached hydrogens (tertiary/aromatic N) is 6. The minimum absolute atomic E-state index is 0.0832. The minimum atomic E-state index is -0.0832. The number of aryl methyl sites for hydroxylation is 5. The lowest BCUT2D eigenvalue weighted by Crippen LogP contribution is -2.41. The Morgan fingerprint density at radius 1 is 0.516 bits per heavy atom. The Balaban J connectivity index is 1.07. The van der Waals surface area contributed by atoms with E-state index in [1.807, 2.05) is 6.20 Å². The van der Waals surface area contributed by atoms with Crippen LogP contribution in [0.5, 0.6) is 0 Å². The van der Waals surface area contributed by atoms with Crippen LogP contribution in [0, 0.1) is 34.6 Å². The molecule has 0 saturated heterocycles. The van der Waals surface area contributed by atoms with Gasteiger partial charge in [0.05, 0.1) is 28.0 Å². The number of fused-ring (bicyclic) bond motifs is 13. The fourth-order valence-corrected chi connectivity index (χ4v) is 11.0. The van der Waals surface area contributed by atoms with Gasteiger partial charge in [0.15, 0.2) is 0 Å². The van der Waals surface area contributed by atoms with Crippen LogP contribution in [0.2, 0.25) is 0 Å². The molecule has 0 amide bonds. The predicted molar refractivity (Wildman–Crippen MR) is 257 cm³/mol. The molecule has 5 heterocycles. The van der Waals surface area contributed by atoms with Crippen LogP contribution in [0.4, 0.5) is 22.7 Å². The molecule has 0 bridgehead atoms. The fraction of sp³-hybridized carbons (Fsp3) is 0.143. The van der Waals surface area contributed by atoms with Crippen LogP contribution in [-0.2, 0) is 13.0 Å². The molecule has 11 aromatic rings. The van der Waals surface area contributed by atoms with E-state index in [1.54, 1.807) is 0 Å². The summed E-state index contributed by atoms with van der Waals surface area (Å²) in [6.07, 6.45) is 9.30. The fourth-order valence-electron chi connectivity index (χ4n) is 11.0. The van der Waals surface area contributed by atoms with Crippen LogP contribution >= 0.6 is 0 Å². The molecule has 6 heteroatoms. The smallest absolute Gasteiger partial charge is 0.295 e. The summed E-state index contributed by atoms with van der Waals surface area (Å²) in [5.74, 6) is 0. The molecule has 0 spiro atoms. The number of imidazole rings is 2. The van der Waals surface area contributed by atoms with Gasteiger partial charge in [-0.2, -0.15) is 4.40 Å². The molecule has 0 radical (unpaired) electrons. The van der Waals surface area contributed by atoms with Gasteiger partial charge in [-0.05, 0) is 110 Å². The van der Waals surface area contributed by atoms with Crippen molar-refractivity contribution in [1.29, 1.82) is 0 Å². The van der Waals surface area contributed by atoms with Crippen molar-refractivity contribution in [2.45, 2.75) is 53.8 Å². The van der Waals surface area contributed by atoms with Crippen molar-refractivity contribution in [2.24, 2.45) is 0 Å². The largest absolute Gasteiger partial charge is 0.318 e. The van der Waals surface area contributed by atoms with Gasteiger partial charge in [0.2, 0.25) is 0 Å². The Hall–Kier alpha value is -7.44. The predicted octanol–water partition coefficient (Wildman–Crippen LogP) is 12.9. The molecule has 62 heavy (non-hydrogen) atoms. The quantitative estimate of drug-likeness (QED) is 0.124. The third kappa shape index (κ3) is 5.35. The van der Waals surface area contributed by atoms with E-state index >= 15 is 0 Å². The summed E-state index contributed by atoms with van der Waals surface area (Å²) in [7, 11) is 0. The van der Waals surface area contributed by atoms with Crippen molar-refractivity contribution in [3.63, 3.8) is 0 Å². The van der Waals surface area contributed by atoms with Crippen LogP contribution in [0.1, 0.15) is 38.9 Å². The number of hydrogen-bond acceptors (Lipinski definition) is 3. The average Bonchev–Trinajstić information content (AvgIpc) is 4.00. The molecule has 4 aromatic heterocycles. The maximum Gasteiger partial charge on any atom is 0.295 e. The highest BCUT2D eigenvalue weighted by molar-refractivity contribution is 6.14. The Morgan fingerprint density at radius 2 is 1.13 bits per heavy atom. The molecule has 0 N–H and O–H groups in total. The SMILES string of the molecule is Cc1cc(C)c2c(c1)c1cccc(C[C@@H]3N(c4ccccc4)c4ccccc4N3c3ccccc3C[n+]3ccn4c5c(C)cc(C)cc5c5cccc(C)c5c43)c1c1nccn12. The summed E-state index contributed by atoms with van der Waals surface area (Å²) >= 11 is 0. The molecule has 0 unspecified atom stereocenters. The minimum Gasteiger partial charge on any atom is -0.318 e. The normalized spacial score (nSPS) is 14.1. The zero-order valence-corrected chi connectivity index (χ0v) is 35.8. The van der Waals surface area contributed by atoms with E-state index in [2.05, 4.69) is 216 Å². The number of aromatic nitrogens is 4. The zero-order valence-electron chi connectivity index (χ0n) is 35.8. The standard InChI is InChI=1S/C56H47N6/c1-35-29-38(4)53-46(32-35)44-21-14-17-40(52(44)55-57-25-26-59(53)55)33-50-61(42-18-7-6-8-19-42)48-23-11-12-24-49(48)62(50)47-22-10-9-16-41(47)34-58-27-28-60-54-39(5)30-36(2)31-45(54)43-20-13-15-37(3)51(43)56(58)60/h6-32,50H,33-34H2,1-5H3/q+1/t50-/m1/s1. The van der Waals surface area contributed by atoms with E-state index in [0.29, 0.717) is 6.54 Å². The summed E-state index contributed by atoms with van der Waals surface area (Å²) in [5, 5.41) is 7.61. The lowest BCUT2D eigenvalue weighted by molar-refractivity contribution is -0.661. The van der Waals surface area contributed by atoms with Crippen molar-refractivity contribution in [2.75, 3.05) is 9.80 Å². The van der Waals surface area contributed by atoms with Gasteiger partial charge < -0.3 is 9.80 Å². The Labute approximate surface area is 361 Å². The number of para-hydroxylation sites is 4. The average molecular weight is 804 g/mol. The van der Waals surface area contributed by atoms with E-state index in [4.69, 9.17) is 4.98 Å². The zero-order chi connectivity index (χ0) is 41.8. The number of hydrogen-bond donors (Lipinski definition) is 0. The second-order valence-electron chi connectivity index (χ2n) is 17.4. The molecule has 1 aliphatic rings. The number of pyridine rings is 2. The molecule has 1 atom stereocenters. The van der Waals surface area contributed by atoms with Crippen LogP contribution in [0.25, 0.3) is 54.6 Å². The van der Waals surface area contributed by atoms with Crippen molar-refractivity contribution >= 4 is 77.4 Å². The van der Waals surface area contributed by atoms with Gasteiger partial charge in [-0.3, -0.25) is 4.40 Å². The van der Waals surface area contributed by atoms with Crippen molar-refractivity contribution in [1.82, 2.24) is 13.8 Å². The van der Waals surface area contributed by atoms with E-state index in [1.165, 1.54) is 111 Å². The van der Waals surface area contributed by atoms with Gasteiger partial charge in [0, 0.05) is 51.6 Å². The van der Waals surface area contributed by atoms with Gasteiger partial charge in [-0.1, -0.05) is 103 Å². The van der Waals surface area contributed by atoms with E-state index in [0.717, 1.165) is 12.1 Å². The first-order chi connectivity index (χ1) is 30.3. The highest BCUT2D eigenvalue weighted by Crippen LogP contribution is 2.50. The molecule has 0 saturated carbocycles. The highest BCUT2D eigenvalue weighted by atomic mass is 15.4. The number of benzene rings is 7. The summed E-state index contributed by atoms with van der Waals surface area (Å²) in [4.78, 5) is 10.2. The first-order valence-corrected chi connectivity index (χ1v) is 21.7. The maximum atomic E-state index is 5.06. The van der Waals surface area contributed by atoms with E-state index < -0.39 is 0 Å². The summed E-state index contributed by atoms with van der Waals surface area (Å²) in [6.45, 7) is 11.8. The van der Waals surface area contributed by atoms with Crippen LogP contribution in [0.15, 0.2) is 164 Å². The summed E-state index contributed by atoms with van der Waals surface area (Å²) < 4.78 is 7.20. The van der Waals surface area contributed by atoms with Crippen molar-refractivity contribution in [3.8, 4) is 0 Å². The molecule has 0 aliphatic carbocycles. The Bertz CT molecular complexity index is 3610. The van der Waals surface area contributed by atoms with Gasteiger partial charge in [-0.15, -0.1) is 0 Å². The molecule has 7 aromatic carbocycles. The lowest BCUT2D eigenvalue weighted by Gasteiger charge is -2.34. The van der Waals surface area contributed by atoms with E-state index in [9.17, 15) is 0 Å². The van der Waals surface area contributed by atoms with Gasteiger partial charge in [0.1, 0.15) is 36.3 Å². The molecule has 1 aliphatic heterocycles. The number of anilines is 4. The monoisotopic (exact) mass is 803 g/mol. The second kappa shape index (κ2) is 13.8. The summed E-state index contributed by atoms with van der Waals surface area (Å²) in [5.41, 5.74) is 18.4. The molecule has 0 fully saturated rings. The van der Waals surface area contributed by atoms with Gasteiger partial charge >= 0.3 is 0 Å². The van der Waals surface area contributed by atoms with Crippen molar-refractivity contribution in [3.05, 3.63) is 203 Å². The third-order valence-electron chi connectivity index (χ3n) is 13.4. The van der Waals surface area contributed by atoms with Crippen LogP contribution in [-0.4, -0.2) is 20.0 Å². The van der Waals surface area contributed by atoms with Crippen molar-refractivity contribution < 1.29 is 4.57 Å². The molecular weight excluding hydrogens is 757 g/mol. The highest BCUT2D eigenvalue weighted by Gasteiger charge is 2.39. The maximum absolute atomic E-state index is 5.06. The third-order valence-corrected chi connectivity index (χ3v) is 13.4. The van der Waals surface area contributed by atoms with Crippen LogP contribution < -0.4 is 14.4 Å². The molecular formula is C56H47N6+. The molecule has 6 nitrogen and oxygen atoms in total. The van der Waals surface area contributed by atoms with Crippen LogP contribution in [0.3, 0.4) is 0 Å². The van der Waals surface area contributed by atoms with Gasteiger partial charge in [-0.25, -0.2) is 9.55 Å². The van der Waals surface area contributed by atoms with Gasteiger partial charge in [0.25, 0.3) is 5.65 Å². The topological polar surface area (TPSA) is 32.1 Å². The Morgan fingerprint density at radius 3 is 1.87 bits per heavy atom. The first-order valence-electron chi connectivity index (χ1n) is 21.7.